The fourth-order valence-corrected chi connectivity index (χ4v) is 2.89. The van der Waals surface area contributed by atoms with Gasteiger partial charge in [-0.1, -0.05) is 6.07 Å². The van der Waals surface area contributed by atoms with Gasteiger partial charge in [0.1, 0.15) is 18.1 Å². The highest BCUT2D eigenvalue weighted by molar-refractivity contribution is 6.05. The van der Waals surface area contributed by atoms with Crippen molar-refractivity contribution in [1.82, 2.24) is 4.57 Å². The van der Waals surface area contributed by atoms with Crippen molar-refractivity contribution >= 4 is 23.2 Å². The van der Waals surface area contributed by atoms with Gasteiger partial charge in [0.2, 0.25) is 5.91 Å². The van der Waals surface area contributed by atoms with Crippen LogP contribution in [0.15, 0.2) is 65.6 Å². The Bertz CT molecular complexity index is 1250. The lowest BCUT2D eigenvalue weighted by Crippen LogP contribution is -2.28. The number of nitrogens with zero attached hydrogens (tertiary/aromatic N) is 1. The molecule has 0 saturated heterocycles. The zero-order valence-electron chi connectivity index (χ0n) is 17.1. The predicted octanol–water partition coefficient (Wildman–Crippen LogP) is 3.91. The number of benzene rings is 2. The van der Waals surface area contributed by atoms with Gasteiger partial charge < -0.3 is 19.9 Å². The zero-order valence-corrected chi connectivity index (χ0v) is 17.1. The van der Waals surface area contributed by atoms with E-state index < -0.39 is 41.5 Å². The first kappa shape index (κ1) is 23.5. The number of hydrogen-bond donors (Lipinski definition) is 2. The van der Waals surface area contributed by atoms with Crippen LogP contribution in [-0.4, -0.2) is 23.5 Å². The topological polar surface area (TPSA) is 89.4 Å². The monoisotopic (exact) mass is 463 g/mol. The molecule has 0 saturated carbocycles. The Balaban J connectivity index is 1.77. The molecule has 0 radical (unpaired) electrons. The van der Waals surface area contributed by atoms with Crippen molar-refractivity contribution in [2.45, 2.75) is 12.7 Å². The van der Waals surface area contributed by atoms with Gasteiger partial charge in [-0.05, 0) is 42.5 Å². The average molecular weight is 463 g/mol. The number of alkyl halides is 3. The quantitative estimate of drug-likeness (QED) is 0.543. The number of ether oxygens (including phenoxy) is 1. The molecular weight excluding hydrogens is 446 g/mol. The minimum atomic E-state index is -4.67. The second-order valence-electron chi connectivity index (χ2n) is 6.81. The van der Waals surface area contributed by atoms with Crippen LogP contribution >= 0.6 is 0 Å². The largest absolute Gasteiger partial charge is 0.495 e. The van der Waals surface area contributed by atoms with E-state index in [2.05, 4.69) is 10.6 Å². The maximum absolute atomic E-state index is 13.4. The molecule has 0 spiro atoms. The fourth-order valence-electron chi connectivity index (χ4n) is 2.89. The minimum absolute atomic E-state index is 0.0513. The SMILES string of the molecule is COc1ccc(NC(=O)Cn2cc(C(F)(F)F)ccc2=O)cc1NC(=O)c1cccc(F)c1. The molecule has 0 unspecified atom stereocenters. The van der Waals surface area contributed by atoms with Gasteiger partial charge in [-0.15, -0.1) is 0 Å². The highest BCUT2D eigenvalue weighted by Gasteiger charge is 2.31. The van der Waals surface area contributed by atoms with Crippen LogP contribution in [-0.2, 0) is 17.5 Å². The van der Waals surface area contributed by atoms with Crippen LogP contribution in [0.1, 0.15) is 15.9 Å². The number of anilines is 2. The zero-order chi connectivity index (χ0) is 24.2. The number of aromatic nitrogens is 1. The van der Waals surface area contributed by atoms with E-state index in [1.54, 1.807) is 0 Å². The van der Waals surface area contributed by atoms with Crippen molar-refractivity contribution in [2.24, 2.45) is 0 Å². The molecular formula is C22H17F4N3O4. The van der Waals surface area contributed by atoms with E-state index in [4.69, 9.17) is 4.74 Å². The van der Waals surface area contributed by atoms with Crippen molar-refractivity contribution < 1.29 is 31.9 Å². The van der Waals surface area contributed by atoms with Crippen LogP contribution in [0, 0.1) is 5.82 Å². The van der Waals surface area contributed by atoms with Gasteiger partial charge in [0.25, 0.3) is 11.5 Å². The lowest BCUT2D eigenvalue weighted by Gasteiger charge is -2.14. The van der Waals surface area contributed by atoms with Crippen molar-refractivity contribution in [2.75, 3.05) is 17.7 Å². The molecule has 172 valence electrons. The number of halogens is 4. The van der Waals surface area contributed by atoms with Crippen LogP contribution in [0.3, 0.4) is 0 Å². The molecule has 0 bridgehead atoms. The molecule has 0 aliphatic carbocycles. The van der Waals surface area contributed by atoms with Crippen LogP contribution < -0.4 is 20.9 Å². The van der Waals surface area contributed by atoms with Crippen LogP contribution in [0.5, 0.6) is 5.75 Å². The van der Waals surface area contributed by atoms with Gasteiger partial charge in [0.05, 0.1) is 18.4 Å². The van der Waals surface area contributed by atoms with Crippen LogP contribution in [0.25, 0.3) is 0 Å². The summed E-state index contributed by atoms with van der Waals surface area (Å²) in [6.07, 6.45) is -4.11. The summed E-state index contributed by atoms with van der Waals surface area (Å²) in [6.45, 7) is -0.667. The van der Waals surface area contributed by atoms with Crippen LogP contribution in [0.4, 0.5) is 28.9 Å². The molecule has 2 aromatic carbocycles. The molecule has 0 atom stereocenters. The Morgan fingerprint density at radius 2 is 1.79 bits per heavy atom. The number of carbonyl (C=O) groups is 2. The lowest BCUT2D eigenvalue weighted by molar-refractivity contribution is -0.138. The van der Waals surface area contributed by atoms with Gasteiger partial charge in [0, 0.05) is 23.5 Å². The summed E-state index contributed by atoms with van der Waals surface area (Å²) in [6, 6.07) is 10.6. The molecule has 2 N–H and O–H groups in total. The van der Waals surface area contributed by atoms with Gasteiger partial charge in [-0.3, -0.25) is 14.4 Å². The van der Waals surface area contributed by atoms with Gasteiger partial charge in [-0.25, -0.2) is 4.39 Å². The van der Waals surface area contributed by atoms with E-state index in [-0.39, 0.29) is 22.7 Å². The number of hydrogen-bond acceptors (Lipinski definition) is 4. The normalized spacial score (nSPS) is 11.1. The first-order valence-electron chi connectivity index (χ1n) is 9.39. The smallest absolute Gasteiger partial charge is 0.417 e. The Hall–Kier alpha value is -4.15. The summed E-state index contributed by atoms with van der Waals surface area (Å²) < 4.78 is 57.8. The molecule has 3 aromatic rings. The maximum Gasteiger partial charge on any atom is 0.417 e. The molecule has 0 aliphatic rings. The third-order valence-corrected chi connectivity index (χ3v) is 4.44. The third-order valence-electron chi connectivity index (χ3n) is 4.44. The minimum Gasteiger partial charge on any atom is -0.495 e. The summed E-state index contributed by atoms with van der Waals surface area (Å²) in [5.41, 5.74) is -1.47. The Kier molecular flexibility index (Phi) is 6.80. The summed E-state index contributed by atoms with van der Waals surface area (Å²) in [5, 5.41) is 4.98. The lowest BCUT2D eigenvalue weighted by atomic mass is 10.2. The van der Waals surface area contributed by atoms with E-state index in [0.29, 0.717) is 16.8 Å². The number of carbonyl (C=O) groups excluding carboxylic acids is 2. The van der Waals surface area contributed by atoms with Crippen molar-refractivity contribution in [3.05, 3.63) is 88.1 Å². The number of amides is 2. The van der Waals surface area contributed by atoms with E-state index in [9.17, 15) is 31.9 Å². The van der Waals surface area contributed by atoms with Crippen molar-refractivity contribution in [1.29, 1.82) is 0 Å². The number of pyridine rings is 1. The highest BCUT2D eigenvalue weighted by Crippen LogP contribution is 2.29. The number of rotatable bonds is 6. The second kappa shape index (κ2) is 9.55. The molecule has 7 nitrogen and oxygen atoms in total. The Morgan fingerprint density at radius 3 is 2.45 bits per heavy atom. The molecule has 3 rings (SSSR count). The average Bonchev–Trinajstić information content (AvgIpc) is 2.74. The van der Waals surface area contributed by atoms with Gasteiger partial charge in [-0.2, -0.15) is 13.2 Å². The molecule has 11 heteroatoms. The number of nitrogens with one attached hydrogen (secondary N) is 2. The van der Waals surface area contributed by atoms with Crippen molar-refractivity contribution in [3.8, 4) is 5.75 Å². The molecule has 0 fully saturated rings. The number of methoxy groups -OCH3 is 1. The van der Waals surface area contributed by atoms with Gasteiger partial charge >= 0.3 is 6.18 Å². The van der Waals surface area contributed by atoms with Gasteiger partial charge in [0.15, 0.2) is 0 Å². The Labute approximate surface area is 184 Å². The predicted molar refractivity (Wildman–Crippen MR) is 112 cm³/mol. The molecule has 1 aromatic heterocycles. The summed E-state index contributed by atoms with van der Waals surface area (Å²) in [5.74, 6) is -1.76. The molecule has 0 aliphatic heterocycles. The van der Waals surface area contributed by atoms with E-state index in [1.165, 1.54) is 43.5 Å². The first-order chi connectivity index (χ1) is 15.6. The highest BCUT2D eigenvalue weighted by atomic mass is 19.4. The summed E-state index contributed by atoms with van der Waals surface area (Å²) >= 11 is 0. The first-order valence-corrected chi connectivity index (χ1v) is 9.39. The molecule has 2 amide bonds. The van der Waals surface area contributed by atoms with E-state index >= 15 is 0 Å². The fraction of sp³-hybridized carbons (Fsp3) is 0.136. The maximum atomic E-state index is 13.4. The standard InChI is InChI=1S/C22H17F4N3O4/c1-33-18-7-6-16(10-17(18)28-21(32)13-3-2-4-15(23)9-13)27-19(30)12-29-11-14(22(24,25)26)5-8-20(29)31/h2-11H,12H2,1H3,(H,27,30)(H,28,32). The second-order valence-corrected chi connectivity index (χ2v) is 6.81. The van der Waals surface area contributed by atoms with Crippen LogP contribution in [0.2, 0.25) is 0 Å². The molecule has 1 heterocycles. The van der Waals surface area contributed by atoms with Crippen molar-refractivity contribution in [3.63, 3.8) is 0 Å². The molecule has 33 heavy (non-hydrogen) atoms. The Morgan fingerprint density at radius 1 is 1.03 bits per heavy atom. The van der Waals surface area contributed by atoms with E-state index in [0.717, 1.165) is 12.1 Å². The summed E-state index contributed by atoms with van der Waals surface area (Å²) in [4.78, 5) is 36.6. The summed E-state index contributed by atoms with van der Waals surface area (Å²) in [7, 11) is 1.35. The third kappa shape index (κ3) is 5.97. The van der Waals surface area contributed by atoms with E-state index in [1.807, 2.05) is 0 Å².